The van der Waals surface area contributed by atoms with E-state index in [9.17, 15) is 4.79 Å². The molecule has 2 aliphatic rings. The van der Waals surface area contributed by atoms with Crippen LogP contribution >= 0.6 is 0 Å². The molecule has 2 atom stereocenters. The Hall–Kier alpha value is -4.53. The second-order valence-corrected chi connectivity index (χ2v) is 12.6. The molecule has 0 aromatic heterocycles. The summed E-state index contributed by atoms with van der Waals surface area (Å²) in [6, 6.07) is 49.7. The molecule has 0 bridgehead atoms. The molecule has 0 N–H and O–H groups in total. The molecule has 0 unspecified atom stereocenters. The molecule has 48 heavy (non-hydrogen) atoms. The Morgan fingerprint density at radius 1 is 0.604 bits per heavy atom. The van der Waals surface area contributed by atoms with Crippen LogP contribution in [0, 0.1) is 0 Å². The van der Waals surface area contributed by atoms with Crippen LogP contribution in [-0.2, 0) is 34.7 Å². The van der Waals surface area contributed by atoms with Gasteiger partial charge in [0, 0.05) is 19.5 Å². The molecular formula is C41H39BO6. The third kappa shape index (κ3) is 5.57. The van der Waals surface area contributed by atoms with Crippen molar-refractivity contribution in [2.45, 2.75) is 41.6 Å². The van der Waals surface area contributed by atoms with Crippen LogP contribution < -0.4 is 0 Å². The lowest BCUT2D eigenvalue weighted by Crippen LogP contribution is -2.56. The highest BCUT2D eigenvalue weighted by Crippen LogP contribution is 2.61. The van der Waals surface area contributed by atoms with Gasteiger partial charge >= 0.3 is 13.1 Å². The largest absolute Gasteiger partial charge is 0.467 e. The number of ether oxygens (including phenoxy) is 3. The molecule has 6 nitrogen and oxygen atoms in total. The molecule has 1 aliphatic heterocycles. The van der Waals surface area contributed by atoms with Gasteiger partial charge in [0.1, 0.15) is 23.4 Å². The van der Waals surface area contributed by atoms with Gasteiger partial charge in [0.15, 0.2) is 0 Å². The van der Waals surface area contributed by atoms with E-state index >= 15 is 0 Å². The zero-order chi connectivity index (χ0) is 33.0. The van der Waals surface area contributed by atoms with Gasteiger partial charge in [-0.2, -0.15) is 0 Å². The van der Waals surface area contributed by atoms with Crippen LogP contribution in [0.2, 0.25) is 5.31 Å². The van der Waals surface area contributed by atoms with Crippen molar-refractivity contribution in [1.29, 1.82) is 0 Å². The first-order valence-electron chi connectivity index (χ1n) is 16.4. The van der Waals surface area contributed by atoms with Gasteiger partial charge in [-0.15, -0.1) is 0 Å². The topological polar surface area (TPSA) is 63.2 Å². The van der Waals surface area contributed by atoms with Crippen molar-refractivity contribution in [3.63, 3.8) is 0 Å². The molecule has 1 heterocycles. The molecule has 242 valence electrons. The molecule has 0 spiro atoms. The lowest BCUT2D eigenvalue weighted by molar-refractivity contribution is -0.136. The average Bonchev–Trinajstić information content (AvgIpc) is 3.83. The molecule has 1 saturated heterocycles. The van der Waals surface area contributed by atoms with Crippen LogP contribution in [-0.4, -0.2) is 46.1 Å². The van der Waals surface area contributed by atoms with Gasteiger partial charge in [0.05, 0.1) is 12.2 Å². The summed E-state index contributed by atoms with van der Waals surface area (Å²) in [6.45, 7) is 0.165. The number of benzene rings is 5. The van der Waals surface area contributed by atoms with Gasteiger partial charge in [-0.05, 0) is 47.2 Å². The number of methoxy groups -OCH3 is 2. The van der Waals surface area contributed by atoms with Gasteiger partial charge in [0.2, 0.25) is 0 Å². The first-order valence-corrected chi connectivity index (χ1v) is 16.4. The van der Waals surface area contributed by atoms with Crippen molar-refractivity contribution in [3.05, 3.63) is 179 Å². The third-order valence-electron chi connectivity index (χ3n) is 9.96. The first kappa shape index (κ1) is 32.0. The Kier molecular flexibility index (Phi) is 9.03. The number of hydrogen-bond acceptors (Lipinski definition) is 6. The molecule has 7 heteroatoms. The Morgan fingerprint density at radius 2 is 0.938 bits per heavy atom. The number of carbonyl (C=O) groups excluding carboxylic acids is 1. The smallest absolute Gasteiger partial charge is 0.462 e. The van der Waals surface area contributed by atoms with Crippen LogP contribution in [0.15, 0.2) is 152 Å². The maximum atomic E-state index is 13.1. The second kappa shape index (κ2) is 13.5. The standard InChI is InChI=1S/C41H39BO6/c1-44-40(32-20-10-4-11-21-32,33-22-12-5-13-23-33)36-37(41(45-2,34-24-14-6-15-25-34)35-26-16-7-17-27-35)48-42(47-36)39(28-29-39)30-46-38(43)31-18-8-3-9-19-31/h3-27,36-37H,28-30H2,1-2H3/t36-,37-/m1/s1. The van der Waals surface area contributed by atoms with E-state index in [0.29, 0.717) is 5.56 Å². The zero-order valence-electron chi connectivity index (χ0n) is 27.2. The van der Waals surface area contributed by atoms with Crippen molar-refractivity contribution in [2.75, 3.05) is 20.8 Å². The molecule has 5 aromatic carbocycles. The lowest BCUT2D eigenvalue weighted by Gasteiger charge is -2.47. The molecule has 1 aliphatic carbocycles. The highest BCUT2D eigenvalue weighted by atomic mass is 16.7. The van der Waals surface area contributed by atoms with E-state index in [0.717, 1.165) is 35.1 Å². The van der Waals surface area contributed by atoms with Crippen molar-refractivity contribution in [1.82, 2.24) is 0 Å². The van der Waals surface area contributed by atoms with Gasteiger partial charge in [0.25, 0.3) is 0 Å². The molecule has 5 aromatic rings. The van der Waals surface area contributed by atoms with Crippen molar-refractivity contribution < 1.29 is 28.3 Å². The number of esters is 1. The summed E-state index contributed by atoms with van der Waals surface area (Å²) in [4.78, 5) is 13.1. The third-order valence-corrected chi connectivity index (χ3v) is 9.96. The zero-order valence-corrected chi connectivity index (χ0v) is 27.2. The molecule has 0 radical (unpaired) electrons. The van der Waals surface area contributed by atoms with Crippen LogP contribution in [0.1, 0.15) is 45.5 Å². The quantitative estimate of drug-likeness (QED) is 0.103. The Bertz CT molecular complexity index is 1600. The minimum absolute atomic E-state index is 0.165. The van der Waals surface area contributed by atoms with Gasteiger partial charge < -0.3 is 23.5 Å². The van der Waals surface area contributed by atoms with Gasteiger partial charge in [-0.1, -0.05) is 140 Å². The fraction of sp³-hybridized carbons (Fsp3) is 0.244. The van der Waals surface area contributed by atoms with Crippen molar-refractivity contribution >= 4 is 13.1 Å². The molecule has 0 amide bonds. The van der Waals surface area contributed by atoms with Gasteiger partial charge in [-0.3, -0.25) is 0 Å². The van der Waals surface area contributed by atoms with Crippen molar-refractivity contribution in [2.24, 2.45) is 0 Å². The SMILES string of the molecule is COC(c1ccccc1)(c1ccccc1)[C@@H]1OB(C2(COC(=O)c3ccccc3)CC2)O[C@H]1C(OC)(c1ccccc1)c1ccccc1. The normalized spacial score (nSPS) is 18.8. The molecule has 2 fully saturated rings. The summed E-state index contributed by atoms with van der Waals surface area (Å²) < 4.78 is 33.9. The summed E-state index contributed by atoms with van der Waals surface area (Å²) >= 11 is 0. The van der Waals surface area contributed by atoms with Crippen LogP contribution in [0.5, 0.6) is 0 Å². The maximum absolute atomic E-state index is 13.1. The molecule has 7 rings (SSSR count). The van der Waals surface area contributed by atoms with E-state index in [1.165, 1.54) is 0 Å². The fourth-order valence-electron chi connectivity index (χ4n) is 7.26. The summed E-state index contributed by atoms with van der Waals surface area (Å²) in [5, 5.41) is -0.531. The predicted molar refractivity (Wildman–Crippen MR) is 185 cm³/mol. The predicted octanol–water partition coefficient (Wildman–Crippen LogP) is 7.83. The summed E-state index contributed by atoms with van der Waals surface area (Å²) in [7, 11) is 2.74. The number of hydrogen-bond donors (Lipinski definition) is 0. The number of carbonyl (C=O) groups is 1. The average molecular weight is 639 g/mol. The Labute approximate surface area is 282 Å². The first-order chi connectivity index (χ1) is 23.6. The fourth-order valence-corrected chi connectivity index (χ4v) is 7.26. The van der Waals surface area contributed by atoms with Crippen LogP contribution in [0.25, 0.3) is 0 Å². The highest BCUT2D eigenvalue weighted by Gasteiger charge is 2.68. The monoisotopic (exact) mass is 638 g/mol. The summed E-state index contributed by atoms with van der Waals surface area (Å²) in [6.07, 6.45) is 0.152. The number of rotatable bonds is 12. The van der Waals surface area contributed by atoms with E-state index < -0.39 is 35.8 Å². The van der Waals surface area contributed by atoms with Crippen molar-refractivity contribution in [3.8, 4) is 0 Å². The van der Waals surface area contributed by atoms with Crippen LogP contribution in [0.3, 0.4) is 0 Å². The molecular weight excluding hydrogens is 599 g/mol. The minimum Gasteiger partial charge on any atom is -0.462 e. The maximum Gasteiger partial charge on any atom is 0.467 e. The van der Waals surface area contributed by atoms with E-state index in [2.05, 4.69) is 48.5 Å². The van der Waals surface area contributed by atoms with E-state index in [1.807, 2.05) is 91.0 Å². The Morgan fingerprint density at radius 3 is 1.25 bits per heavy atom. The Balaban J connectivity index is 1.38. The minimum atomic E-state index is -1.11. The van der Waals surface area contributed by atoms with E-state index in [1.54, 1.807) is 26.4 Å². The lowest BCUT2D eigenvalue weighted by atomic mass is 9.68. The second-order valence-electron chi connectivity index (χ2n) is 12.6. The van der Waals surface area contributed by atoms with E-state index in [4.69, 9.17) is 23.5 Å². The van der Waals surface area contributed by atoms with Gasteiger partial charge in [-0.25, -0.2) is 4.79 Å². The van der Waals surface area contributed by atoms with Crippen LogP contribution in [0.4, 0.5) is 0 Å². The highest BCUT2D eigenvalue weighted by molar-refractivity contribution is 6.51. The van der Waals surface area contributed by atoms with E-state index in [-0.39, 0.29) is 12.6 Å². The summed E-state index contributed by atoms with van der Waals surface area (Å²) in [5.74, 6) is -0.368. The summed E-state index contributed by atoms with van der Waals surface area (Å²) in [5.41, 5.74) is 1.98. The molecule has 1 saturated carbocycles.